The molecule has 94 valence electrons. The summed E-state index contributed by atoms with van der Waals surface area (Å²) in [6.07, 6.45) is -4.78. The van der Waals surface area contributed by atoms with Crippen LogP contribution < -0.4 is 10.1 Å². The first kappa shape index (κ1) is 12.5. The molecule has 0 radical (unpaired) electrons. The second-order valence-electron chi connectivity index (χ2n) is 3.83. The van der Waals surface area contributed by atoms with Crippen molar-refractivity contribution in [2.75, 3.05) is 13.1 Å². The van der Waals surface area contributed by atoms with Crippen LogP contribution in [0.4, 0.5) is 13.2 Å². The van der Waals surface area contributed by atoms with E-state index < -0.39 is 17.7 Å². The van der Waals surface area contributed by atoms with E-state index in [9.17, 15) is 18.3 Å². The summed E-state index contributed by atoms with van der Waals surface area (Å²) in [5, 5.41) is 12.6. The Hall–Kier alpha value is -0.980. The van der Waals surface area contributed by atoms with Crippen LogP contribution in [-0.2, 0) is 5.60 Å². The summed E-state index contributed by atoms with van der Waals surface area (Å²) in [6.45, 7) is 0.700. The minimum Gasteiger partial charge on any atom is -0.404 e. The molecule has 0 atom stereocenters. The SMILES string of the molecule is OC1(c2ccc(OC(F)(F)F)c(Cl)c2)CNC1. The van der Waals surface area contributed by atoms with Gasteiger partial charge >= 0.3 is 6.36 Å². The first-order chi connectivity index (χ1) is 7.80. The molecule has 1 aliphatic rings. The van der Waals surface area contributed by atoms with Gasteiger partial charge in [0.1, 0.15) is 11.4 Å². The van der Waals surface area contributed by atoms with Gasteiger partial charge in [0, 0.05) is 13.1 Å². The summed E-state index contributed by atoms with van der Waals surface area (Å²) in [6, 6.07) is 3.75. The largest absolute Gasteiger partial charge is 0.573 e. The number of rotatable bonds is 2. The van der Waals surface area contributed by atoms with Gasteiger partial charge in [-0.1, -0.05) is 17.7 Å². The van der Waals surface area contributed by atoms with Gasteiger partial charge in [-0.2, -0.15) is 0 Å². The Labute approximate surface area is 100 Å². The van der Waals surface area contributed by atoms with Gasteiger partial charge in [0.2, 0.25) is 0 Å². The number of ether oxygens (including phenoxy) is 1. The summed E-state index contributed by atoms with van der Waals surface area (Å²) >= 11 is 5.67. The molecular weight excluding hydrogens is 259 g/mol. The number of hydrogen-bond donors (Lipinski definition) is 2. The van der Waals surface area contributed by atoms with Crippen molar-refractivity contribution in [2.24, 2.45) is 0 Å². The third-order valence-electron chi connectivity index (χ3n) is 2.53. The fraction of sp³-hybridized carbons (Fsp3) is 0.400. The smallest absolute Gasteiger partial charge is 0.404 e. The van der Waals surface area contributed by atoms with Crippen molar-refractivity contribution in [3.63, 3.8) is 0 Å². The molecule has 1 heterocycles. The van der Waals surface area contributed by atoms with Crippen molar-refractivity contribution in [3.8, 4) is 5.75 Å². The van der Waals surface area contributed by atoms with Gasteiger partial charge in [0.25, 0.3) is 0 Å². The zero-order valence-electron chi connectivity index (χ0n) is 8.51. The first-order valence-electron chi connectivity index (χ1n) is 4.79. The van der Waals surface area contributed by atoms with Crippen LogP contribution in [-0.4, -0.2) is 24.6 Å². The van der Waals surface area contributed by atoms with Gasteiger partial charge in [-0.05, 0) is 17.7 Å². The lowest BCUT2D eigenvalue weighted by atomic mass is 9.88. The molecule has 2 rings (SSSR count). The number of benzene rings is 1. The van der Waals surface area contributed by atoms with Gasteiger partial charge in [-0.25, -0.2) is 0 Å². The second-order valence-corrected chi connectivity index (χ2v) is 4.24. The predicted molar refractivity (Wildman–Crippen MR) is 54.9 cm³/mol. The fourth-order valence-corrected chi connectivity index (χ4v) is 1.78. The minimum atomic E-state index is -4.78. The summed E-state index contributed by atoms with van der Waals surface area (Å²) in [5.74, 6) is -0.473. The fourth-order valence-electron chi connectivity index (χ4n) is 1.56. The van der Waals surface area contributed by atoms with Gasteiger partial charge in [0.15, 0.2) is 0 Å². The number of alkyl halides is 3. The highest BCUT2D eigenvalue weighted by atomic mass is 35.5. The van der Waals surface area contributed by atoms with Crippen LogP contribution in [0.5, 0.6) is 5.75 Å². The first-order valence-corrected chi connectivity index (χ1v) is 5.17. The lowest BCUT2D eigenvalue weighted by Gasteiger charge is -2.38. The molecule has 1 aliphatic heterocycles. The van der Waals surface area contributed by atoms with Crippen molar-refractivity contribution in [2.45, 2.75) is 12.0 Å². The van der Waals surface area contributed by atoms with Crippen LogP contribution in [0.15, 0.2) is 18.2 Å². The number of β-amino-alcohol motifs (C(OH)–C–C–N with tert-alkyl or cyclic N) is 1. The Morgan fingerprint density at radius 1 is 1.35 bits per heavy atom. The number of halogens is 4. The van der Waals surface area contributed by atoms with Crippen molar-refractivity contribution in [3.05, 3.63) is 28.8 Å². The molecule has 0 amide bonds. The Balaban J connectivity index is 2.23. The molecule has 1 aromatic carbocycles. The molecule has 0 aromatic heterocycles. The molecule has 0 aliphatic carbocycles. The molecule has 0 spiro atoms. The van der Waals surface area contributed by atoms with Crippen LogP contribution in [0, 0.1) is 0 Å². The average Bonchev–Trinajstić information content (AvgIpc) is 2.15. The average molecular weight is 268 g/mol. The highest BCUT2D eigenvalue weighted by Gasteiger charge is 2.37. The van der Waals surface area contributed by atoms with Crippen molar-refractivity contribution in [1.29, 1.82) is 0 Å². The van der Waals surface area contributed by atoms with E-state index in [0.29, 0.717) is 18.7 Å². The van der Waals surface area contributed by atoms with Crippen molar-refractivity contribution < 1.29 is 23.0 Å². The van der Waals surface area contributed by atoms with Gasteiger partial charge < -0.3 is 15.2 Å². The van der Waals surface area contributed by atoms with Crippen LogP contribution in [0.2, 0.25) is 5.02 Å². The molecule has 3 nitrogen and oxygen atoms in total. The zero-order chi connectivity index (χ0) is 12.7. The highest BCUT2D eigenvalue weighted by molar-refractivity contribution is 6.32. The maximum absolute atomic E-state index is 12.0. The standard InChI is InChI=1S/C10H9ClF3NO2/c11-7-3-6(9(16)4-15-5-9)1-2-8(7)17-10(12,13)14/h1-3,15-16H,4-5H2. The molecule has 7 heteroatoms. The molecule has 17 heavy (non-hydrogen) atoms. The maximum atomic E-state index is 12.0. The van der Waals surface area contributed by atoms with E-state index in [2.05, 4.69) is 10.1 Å². The highest BCUT2D eigenvalue weighted by Crippen LogP contribution is 2.34. The quantitative estimate of drug-likeness (QED) is 0.861. The van der Waals surface area contributed by atoms with E-state index in [-0.39, 0.29) is 5.02 Å². The molecule has 1 saturated heterocycles. The molecule has 0 saturated carbocycles. The number of aliphatic hydroxyl groups is 1. The van der Waals surface area contributed by atoms with E-state index in [1.807, 2.05) is 0 Å². The van der Waals surface area contributed by atoms with E-state index in [0.717, 1.165) is 6.07 Å². The Morgan fingerprint density at radius 3 is 2.41 bits per heavy atom. The number of hydrogen-bond acceptors (Lipinski definition) is 3. The summed E-state index contributed by atoms with van der Waals surface area (Å²) < 4.78 is 39.7. The van der Waals surface area contributed by atoms with Crippen LogP contribution in [0.3, 0.4) is 0 Å². The minimum absolute atomic E-state index is 0.180. The van der Waals surface area contributed by atoms with Gasteiger partial charge in [0.05, 0.1) is 5.02 Å². The normalized spacial score (nSPS) is 18.6. The maximum Gasteiger partial charge on any atom is 0.573 e. The zero-order valence-corrected chi connectivity index (χ0v) is 9.27. The van der Waals surface area contributed by atoms with Gasteiger partial charge in [-0.3, -0.25) is 0 Å². The third-order valence-corrected chi connectivity index (χ3v) is 2.83. The third kappa shape index (κ3) is 2.65. The van der Waals surface area contributed by atoms with Crippen LogP contribution in [0.1, 0.15) is 5.56 Å². The van der Waals surface area contributed by atoms with Crippen LogP contribution in [0.25, 0.3) is 0 Å². The summed E-state index contributed by atoms with van der Waals surface area (Å²) in [7, 11) is 0. The Morgan fingerprint density at radius 2 is 2.00 bits per heavy atom. The predicted octanol–water partition coefficient (Wildman–Crippen LogP) is 2.03. The summed E-state index contributed by atoms with van der Waals surface area (Å²) in [5.41, 5.74) is -0.587. The molecular formula is C10H9ClF3NO2. The van der Waals surface area contributed by atoms with Crippen molar-refractivity contribution >= 4 is 11.6 Å². The Bertz CT molecular complexity index is 432. The van der Waals surface area contributed by atoms with Gasteiger partial charge in [-0.15, -0.1) is 13.2 Å². The molecule has 1 aromatic rings. The lowest BCUT2D eigenvalue weighted by Crippen LogP contribution is -2.56. The molecule has 1 fully saturated rings. The van der Waals surface area contributed by atoms with Crippen molar-refractivity contribution in [1.82, 2.24) is 5.32 Å². The second kappa shape index (κ2) is 4.04. The summed E-state index contributed by atoms with van der Waals surface area (Å²) in [4.78, 5) is 0. The van der Waals surface area contributed by atoms with Crippen LogP contribution >= 0.6 is 11.6 Å². The van der Waals surface area contributed by atoms with E-state index in [4.69, 9.17) is 11.6 Å². The van der Waals surface area contributed by atoms with E-state index >= 15 is 0 Å². The number of nitrogens with one attached hydrogen (secondary N) is 1. The van der Waals surface area contributed by atoms with E-state index in [1.165, 1.54) is 12.1 Å². The molecule has 0 unspecified atom stereocenters. The molecule has 0 bridgehead atoms. The monoisotopic (exact) mass is 267 g/mol. The Kier molecular flexibility index (Phi) is 2.97. The topological polar surface area (TPSA) is 41.5 Å². The molecule has 2 N–H and O–H groups in total. The lowest BCUT2D eigenvalue weighted by molar-refractivity contribution is -0.274. The van der Waals surface area contributed by atoms with E-state index in [1.54, 1.807) is 0 Å².